The fourth-order valence-electron chi connectivity index (χ4n) is 2.80. The van der Waals surface area contributed by atoms with Crippen LogP contribution in [-0.2, 0) is 13.2 Å². The first-order chi connectivity index (χ1) is 11.1. The maximum Gasteiger partial charge on any atom is 0.435 e. The van der Waals surface area contributed by atoms with E-state index in [0.29, 0.717) is 0 Å². The highest BCUT2D eigenvalue weighted by molar-refractivity contribution is 7.20. The Morgan fingerprint density at radius 3 is 2.58 bits per heavy atom. The highest BCUT2D eigenvalue weighted by atomic mass is 32.1. The molecule has 0 aromatic carbocycles. The van der Waals surface area contributed by atoms with Crippen molar-refractivity contribution in [2.75, 3.05) is 19.7 Å². The highest BCUT2D eigenvalue weighted by Gasteiger charge is 2.38. The number of hydrogen-bond donors (Lipinski definition) is 2. The van der Waals surface area contributed by atoms with Crippen LogP contribution in [0.5, 0.6) is 0 Å². The summed E-state index contributed by atoms with van der Waals surface area (Å²) in [6.45, 7) is 0.113. The molecular weight excluding hydrogens is 347 g/mol. The molecule has 3 rings (SSSR count). The van der Waals surface area contributed by atoms with Gasteiger partial charge in [-0.15, -0.1) is 11.3 Å². The molecule has 2 aromatic heterocycles. The zero-order valence-electron chi connectivity index (χ0n) is 12.8. The first-order valence-electron chi connectivity index (χ1n) is 7.31. The number of aliphatic hydroxyl groups excluding tert-OH is 1. The molecular formula is C14H16F3N3O3S. The van der Waals surface area contributed by atoms with Gasteiger partial charge in [0.1, 0.15) is 4.83 Å². The van der Waals surface area contributed by atoms with E-state index in [9.17, 15) is 23.1 Å². The summed E-state index contributed by atoms with van der Waals surface area (Å²) in [4.78, 5) is 14.5. The minimum absolute atomic E-state index is 0.0813. The van der Waals surface area contributed by atoms with Crippen LogP contribution in [0.3, 0.4) is 0 Å². The van der Waals surface area contributed by atoms with Crippen LogP contribution in [0.1, 0.15) is 28.2 Å². The zero-order chi connectivity index (χ0) is 17.7. The van der Waals surface area contributed by atoms with Gasteiger partial charge in [0.25, 0.3) is 5.91 Å². The number of aliphatic hydroxyl groups is 2. The molecule has 0 spiro atoms. The Labute approximate surface area is 139 Å². The molecule has 1 saturated heterocycles. The lowest BCUT2D eigenvalue weighted by atomic mass is 9.92. The molecule has 24 heavy (non-hydrogen) atoms. The van der Waals surface area contributed by atoms with Gasteiger partial charge >= 0.3 is 6.18 Å². The van der Waals surface area contributed by atoms with E-state index in [-0.39, 0.29) is 53.5 Å². The molecule has 0 aliphatic carbocycles. The molecule has 2 aromatic rings. The summed E-state index contributed by atoms with van der Waals surface area (Å²) >= 11 is 0.966. The van der Waals surface area contributed by atoms with E-state index in [2.05, 4.69) is 5.10 Å². The number of halogens is 3. The normalized spacial score (nSPS) is 18.3. The number of carbonyl (C=O) groups excluding carboxylic acids is 1. The summed E-state index contributed by atoms with van der Waals surface area (Å²) in [6.07, 6.45) is -4.12. The summed E-state index contributed by atoms with van der Waals surface area (Å²) < 4.78 is 40.1. The highest BCUT2D eigenvalue weighted by Crippen LogP contribution is 2.38. The smallest absolute Gasteiger partial charge is 0.393 e. The lowest BCUT2D eigenvalue weighted by molar-refractivity contribution is -0.140. The molecule has 0 unspecified atom stereocenters. The standard InChI is InChI=1S/C14H16F3N3O3S/c1-19-12-8(10(18-19)14(15,16)17)6-9(24-12)11(22)20-4-2-13(23,7-21)3-5-20/h6,21,23H,2-5,7H2,1H3. The summed E-state index contributed by atoms with van der Waals surface area (Å²) in [7, 11) is 1.41. The summed E-state index contributed by atoms with van der Waals surface area (Å²) in [6, 6.07) is 1.23. The van der Waals surface area contributed by atoms with Gasteiger partial charge in [-0.2, -0.15) is 18.3 Å². The second-order valence-corrected chi connectivity index (χ2v) is 7.00. The lowest BCUT2D eigenvalue weighted by Gasteiger charge is -2.36. The predicted octanol–water partition coefficient (Wildman–Crippen LogP) is 1.61. The van der Waals surface area contributed by atoms with Crippen molar-refractivity contribution in [2.24, 2.45) is 7.05 Å². The van der Waals surface area contributed by atoms with Gasteiger partial charge in [-0.25, -0.2) is 0 Å². The monoisotopic (exact) mass is 363 g/mol. The van der Waals surface area contributed by atoms with Gasteiger partial charge in [-0.1, -0.05) is 0 Å². The first kappa shape index (κ1) is 17.2. The predicted molar refractivity (Wildman–Crippen MR) is 80.8 cm³/mol. The van der Waals surface area contributed by atoms with E-state index in [1.807, 2.05) is 0 Å². The molecule has 1 aliphatic heterocycles. The van der Waals surface area contributed by atoms with Crippen LogP contribution < -0.4 is 0 Å². The number of piperidine rings is 1. The third kappa shape index (κ3) is 2.89. The number of aromatic nitrogens is 2. The molecule has 0 saturated carbocycles. The number of thiophene rings is 1. The average molecular weight is 363 g/mol. The summed E-state index contributed by atoms with van der Waals surface area (Å²) in [5.74, 6) is -0.371. The van der Waals surface area contributed by atoms with Crippen LogP contribution in [0.15, 0.2) is 6.07 Å². The van der Waals surface area contributed by atoms with Crippen molar-refractivity contribution in [3.8, 4) is 0 Å². The van der Waals surface area contributed by atoms with Crippen molar-refractivity contribution >= 4 is 27.5 Å². The molecule has 1 aliphatic rings. The Bertz CT molecular complexity index is 775. The van der Waals surface area contributed by atoms with E-state index < -0.39 is 17.5 Å². The Balaban J connectivity index is 1.87. The SMILES string of the molecule is Cn1nc(C(F)(F)F)c2cc(C(=O)N3CCC(O)(CO)CC3)sc21. The lowest BCUT2D eigenvalue weighted by Crippen LogP contribution is -2.48. The molecule has 0 bridgehead atoms. The third-order valence-electron chi connectivity index (χ3n) is 4.27. The first-order valence-corrected chi connectivity index (χ1v) is 8.12. The molecule has 132 valence electrons. The van der Waals surface area contributed by atoms with Crippen molar-refractivity contribution in [1.29, 1.82) is 0 Å². The number of carbonyl (C=O) groups is 1. The molecule has 3 heterocycles. The molecule has 10 heteroatoms. The van der Waals surface area contributed by atoms with E-state index in [1.165, 1.54) is 18.0 Å². The van der Waals surface area contributed by atoms with Crippen molar-refractivity contribution in [1.82, 2.24) is 14.7 Å². The number of aryl methyl sites for hydroxylation is 1. The Morgan fingerprint density at radius 1 is 1.42 bits per heavy atom. The zero-order valence-corrected chi connectivity index (χ0v) is 13.6. The van der Waals surface area contributed by atoms with Gasteiger partial charge in [0, 0.05) is 25.5 Å². The minimum atomic E-state index is -4.58. The van der Waals surface area contributed by atoms with Gasteiger partial charge < -0.3 is 15.1 Å². The van der Waals surface area contributed by atoms with E-state index in [1.54, 1.807) is 0 Å². The number of rotatable bonds is 2. The molecule has 1 amide bonds. The molecule has 0 atom stereocenters. The third-order valence-corrected chi connectivity index (χ3v) is 5.46. The van der Waals surface area contributed by atoms with Crippen LogP contribution >= 0.6 is 11.3 Å². The van der Waals surface area contributed by atoms with Crippen LogP contribution in [0.2, 0.25) is 0 Å². The summed E-state index contributed by atoms with van der Waals surface area (Å²) in [5.41, 5.74) is -2.19. The van der Waals surface area contributed by atoms with Crippen molar-refractivity contribution in [3.63, 3.8) is 0 Å². The van der Waals surface area contributed by atoms with E-state index in [0.717, 1.165) is 16.0 Å². The average Bonchev–Trinajstić information content (AvgIpc) is 3.08. The van der Waals surface area contributed by atoms with Gasteiger partial charge in [0.15, 0.2) is 5.69 Å². The Hall–Kier alpha value is -1.65. The molecule has 0 radical (unpaired) electrons. The van der Waals surface area contributed by atoms with Gasteiger partial charge in [0.2, 0.25) is 0 Å². The molecule has 6 nitrogen and oxygen atoms in total. The van der Waals surface area contributed by atoms with Crippen LogP contribution in [0.4, 0.5) is 13.2 Å². The Morgan fingerprint density at radius 2 is 2.04 bits per heavy atom. The van der Waals surface area contributed by atoms with Crippen LogP contribution in [0.25, 0.3) is 10.2 Å². The quantitative estimate of drug-likeness (QED) is 0.850. The van der Waals surface area contributed by atoms with Gasteiger partial charge in [0.05, 0.1) is 17.1 Å². The fourth-order valence-corrected chi connectivity index (χ4v) is 3.84. The van der Waals surface area contributed by atoms with E-state index >= 15 is 0 Å². The number of alkyl halides is 3. The van der Waals surface area contributed by atoms with E-state index in [4.69, 9.17) is 5.11 Å². The van der Waals surface area contributed by atoms with Gasteiger partial charge in [-0.05, 0) is 18.9 Å². The molecule has 2 N–H and O–H groups in total. The Kier molecular flexibility index (Phi) is 4.09. The second kappa shape index (κ2) is 5.71. The topological polar surface area (TPSA) is 78.6 Å². The minimum Gasteiger partial charge on any atom is -0.393 e. The molecule has 1 fully saturated rings. The van der Waals surface area contributed by atoms with Crippen molar-refractivity contribution < 1.29 is 28.2 Å². The van der Waals surface area contributed by atoms with Crippen molar-refractivity contribution in [2.45, 2.75) is 24.6 Å². The number of likely N-dealkylation sites (tertiary alicyclic amines) is 1. The van der Waals surface area contributed by atoms with Gasteiger partial charge in [-0.3, -0.25) is 9.48 Å². The van der Waals surface area contributed by atoms with Crippen LogP contribution in [-0.4, -0.2) is 56.1 Å². The maximum absolute atomic E-state index is 13.0. The number of hydrogen-bond acceptors (Lipinski definition) is 5. The fraction of sp³-hybridized carbons (Fsp3) is 0.571. The number of fused-ring (bicyclic) bond motifs is 1. The second-order valence-electron chi connectivity index (χ2n) is 5.97. The van der Waals surface area contributed by atoms with Crippen molar-refractivity contribution in [3.05, 3.63) is 16.6 Å². The number of amides is 1. The van der Waals surface area contributed by atoms with Crippen LogP contribution in [0, 0.1) is 0 Å². The largest absolute Gasteiger partial charge is 0.435 e. The summed E-state index contributed by atoms with van der Waals surface area (Å²) in [5, 5.41) is 22.5. The number of nitrogens with zero attached hydrogens (tertiary/aromatic N) is 3. The maximum atomic E-state index is 13.0.